The monoisotopic (exact) mass is 298 g/mol. The molecule has 1 saturated heterocycles. The summed E-state index contributed by atoms with van der Waals surface area (Å²) in [6.45, 7) is 2.12. The minimum Gasteiger partial charge on any atom is -0.492 e. The third kappa shape index (κ3) is 2.36. The van der Waals surface area contributed by atoms with Crippen LogP contribution in [-0.2, 0) is 21.2 Å². The lowest BCUT2D eigenvalue weighted by Gasteiger charge is -2.28. The van der Waals surface area contributed by atoms with E-state index in [1.807, 2.05) is 0 Å². The van der Waals surface area contributed by atoms with E-state index >= 15 is 0 Å². The van der Waals surface area contributed by atoms with Crippen molar-refractivity contribution in [3.63, 3.8) is 0 Å². The lowest BCUT2D eigenvalue weighted by molar-refractivity contribution is 0.0729. The number of rotatable bonds is 2. The molecule has 0 unspecified atom stereocenters. The Labute approximate surface area is 118 Å². The standard InChI is InChI=1S/C13H18N2O4S/c14-11-8-10-2-1-5-19-13(10)12(9-11)20(16,17)15-3-6-18-7-4-15/h8-9H,1-7,14H2. The van der Waals surface area contributed by atoms with E-state index in [0.717, 1.165) is 18.4 Å². The van der Waals surface area contributed by atoms with Gasteiger partial charge in [-0.3, -0.25) is 0 Å². The molecule has 0 saturated carbocycles. The van der Waals surface area contributed by atoms with Crippen molar-refractivity contribution in [2.24, 2.45) is 0 Å². The third-order valence-corrected chi connectivity index (χ3v) is 5.48. The zero-order valence-electron chi connectivity index (χ0n) is 11.2. The summed E-state index contributed by atoms with van der Waals surface area (Å²) in [5, 5.41) is 0. The molecule has 0 aromatic heterocycles. The number of hydrogen-bond donors (Lipinski definition) is 1. The molecule has 2 N–H and O–H groups in total. The molecule has 2 aliphatic rings. The van der Waals surface area contributed by atoms with Crippen LogP contribution in [0, 0.1) is 0 Å². The molecule has 1 aromatic rings. The summed E-state index contributed by atoms with van der Waals surface area (Å²) >= 11 is 0. The number of sulfonamides is 1. The van der Waals surface area contributed by atoms with E-state index in [1.54, 1.807) is 6.07 Å². The summed E-state index contributed by atoms with van der Waals surface area (Å²) in [6, 6.07) is 3.29. The molecule has 1 fully saturated rings. The largest absolute Gasteiger partial charge is 0.492 e. The topological polar surface area (TPSA) is 81.9 Å². The quantitative estimate of drug-likeness (QED) is 0.809. The Kier molecular flexibility index (Phi) is 3.57. The van der Waals surface area contributed by atoms with Crippen molar-refractivity contribution >= 4 is 15.7 Å². The van der Waals surface area contributed by atoms with Crippen LogP contribution in [0.4, 0.5) is 5.69 Å². The molecule has 0 amide bonds. The molecule has 6 nitrogen and oxygen atoms in total. The Morgan fingerprint density at radius 1 is 1.15 bits per heavy atom. The number of ether oxygens (including phenoxy) is 2. The van der Waals surface area contributed by atoms with Crippen LogP contribution in [0.3, 0.4) is 0 Å². The minimum atomic E-state index is -3.58. The van der Waals surface area contributed by atoms with Gasteiger partial charge in [0.2, 0.25) is 10.0 Å². The highest BCUT2D eigenvalue weighted by Crippen LogP contribution is 2.36. The number of hydrogen-bond acceptors (Lipinski definition) is 5. The maximum atomic E-state index is 12.7. The van der Waals surface area contributed by atoms with E-state index in [1.165, 1.54) is 10.4 Å². The molecule has 3 rings (SSSR count). The summed E-state index contributed by atoms with van der Waals surface area (Å²) in [4.78, 5) is 0.189. The summed E-state index contributed by atoms with van der Waals surface area (Å²) in [6.07, 6.45) is 1.68. The van der Waals surface area contributed by atoms with Gasteiger partial charge >= 0.3 is 0 Å². The van der Waals surface area contributed by atoms with Crippen LogP contribution in [0.1, 0.15) is 12.0 Å². The van der Waals surface area contributed by atoms with Crippen molar-refractivity contribution in [2.45, 2.75) is 17.7 Å². The maximum Gasteiger partial charge on any atom is 0.247 e. The predicted molar refractivity (Wildman–Crippen MR) is 74.2 cm³/mol. The number of benzene rings is 1. The lowest BCUT2D eigenvalue weighted by Crippen LogP contribution is -2.40. The Hall–Kier alpha value is -1.31. The van der Waals surface area contributed by atoms with Gasteiger partial charge in [-0.15, -0.1) is 0 Å². The Bertz CT molecular complexity index is 609. The third-order valence-electron chi connectivity index (χ3n) is 3.58. The van der Waals surface area contributed by atoms with Gasteiger partial charge in [-0.05, 0) is 30.5 Å². The van der Waals surface area contributed by atoms with E-state index < -0.39 is 10.0 Å². The van der Waals surface area contributed by atoms with E-state index in [2.05, 4.69) is 0 Å². The van der Waals surface area contributed by atoms with Crippen LogP contribution in [-0.4, -0.2) is 45.6 Å². The van der Waals surface area contributed by atoms with Gasteiger partial charge < -0.3 is 15.2 Å². The number of anilines is 1. The van der Waals surface area contributed by atoms with Gasteiger partial charge in [0.1, 0.15) is 10.6 Å². The van der Waals surface area contributed by atoms with Crippen molar-refractivity contribution < 1.29 is 17.9 Å². The second-order valence-electron chi connectivity index (χ2n) is 4.98. The fraction of sp³-hybridized carbons (Fsp3) is 0.538. The molecule has 110 valence electrons. The van der Waals surface area contributed by atoms with Gasteiger partial charge in [0, 0.05) is 18.8 Å². The Balaban J connectivity index is 2.06. The van der Waals surface area contributed by atoms with E-state index in [9.17, 15) is 8.42 Å². The van der Waals surface area contributed by atoms with E-state index in [4.69, 9.17) is 15.2 Å². The van der Waals surface area contributed by atoms with E-state index in [-0.39, 0.29) is 4.90 Å². The first-order valence-electron chi connectivity index (χ1n) is 6.72. The summed E-state index contributed by atoms with van der Waals surface area (Å²) in [5.74, 6) is 0.469. The molecule has 0 aliphatic carbocycles. The molecule has 2 heterocycles. The first-order valence-corrected chi connectivity index (χ1v) is 8.16. The molecule has 20 heavy (non-hydrogen) atoms. The van der Waals surface area contributed by atoms with Gasteiger partial charge in [-0.1, -0.05) is 0 Å². The summed E-state index contributed by atoms with van der Waals surface area (Å²) < 4.78 is 37.7. The fourth-order valence-electron chi connectivity index (χ4n) is 2.59. The molecule has 0 bridgehead atoms. The molecule has 0 spiro atoms. The van der Waals surface area contributed by atoms with Gasteiger partial charge in [0.15, 0.2) is 0 Å². The molecular weight excluding hydrogens is 280 g/mol. The zero-order chi connectivity index (χ0) is 14.2. The van der Waals surface area contributed by atoms with Crippen LogP contribution in [0.5, 0.6) is 5.75 Å². The summed E-state index contributed by atoms with van der Waals surface area (Å²) in [5.41, 5.74) is 7.18. The normalized spacial score (nSPS) is 20.2. The maximum absolute atomic E-state index is 12.7. The average molecular weight is 298 g/mol. The number of nitrogen functional groups attached to an aromatic ring is 1. The first kappa shape index (κ1) is 13.7. The van der Waals surface area contributed by atoms with Gasteiger partial charge in [-0.25, -0.2) is 8.42 Å². The van der Waals surface area contributed by atoms with Crippen LogP contribution in [0.25, 0.3) is 0 Å². The van der Waals surface area contributed by atoms with Crippen LogP contribution < -0.4 is 10.5 Å². The summed E-state index contributed by atoms with van der Waals surface area (Å²) in [7, 11) is -3.58. The van der Waals surface area contributed by atoms with Crippen molar-refractivity contribution in [1.82, 2.24) is 4.31 Å². The average Bonchev–Trinajstić information content (AvgIpc) is 2.47. The van der Waals surface area contributed by atoms with Gasteiger partial charge in [0.25, 0.3) is 0 Å². The van der Waals surface area contributed by atoms with Crippen LogP contribution in [0.15, 0.2) is 17.0 Å². The lowest BCUT2D eigenvalue weighted by atomic mass is 10.1. The van der Waals surface area contributed by atoms with Crippen molar-refractivity contribution in [1.29, 1.82) is 0 Å². The number of aryl methyl sites for hydroxylation is 1. The highest BCUT2D eigenvalue weighted by molar-refractivity contribution is 7.89. The van der Waals surface area contributed by atoms with Crippen molar-refractivity contribution in [3.05, 3.63) is 17.7 Å². The predicted octanol–water partition coefficient (Wildman–Crippen LogP) is 0.615. The zero-order valence-corrected chi connectivity index (χ0v) is 12.0. The van der Waals surface area contributed by atoms with E-state index in [0.29, 0.717) is 44.3 Å². The molecule has 7 heteroatoms. The fourth-order valence-corrected chi connectivity index (χ4v) is 4.20. The van der Waals surface area contributed by atoms with Crippen LogP contribution >= 0.6 is 0 Å². The molecule has 2 aliphatic heterocycles. The van der Waals surface area contributed by atoms with Gasteiger partial charge in [-0.2, -0.15) is 4.31 Å². The smallest absolute Gasteiger partial charge is 0.247 e. The van der Waals surface area contributed by atoms with Crippen molar-refractivity contribution in [2.75, 3.05) is 38.6 Å². The highest BCUT2D eigenvalue weighted by Gasteiger charge is 2.31. The number of nitrogens with two attached hydrogens (primary N) is 1. The molecule has 0 atom stereocenters. The Morgan fingerprint density at radius 2 is 1.90 bits per heavy atom. The SMILES string of the molecule is Nc1cc2c(c(S(=O)(=O)N3CCOCC3)c1)OCCC2. The molecule has 0 radical (unpaired) electrons. The highest BCUT2D eigenvalue weighted by atomic mass is 32.2. The Morgan fingerprint density at radius 3 is 2.65 bits per heavy atom. The number of nitrogens with zero attached hydrogens (tertiary/aromatic N) is 1. The number of fused-ring (bicyclic) bond motifs is 1. The number of morpholine rings is 1. The van der Waals surface area contributed by atoms with Gasteiger partial charge in [0.05, 0.1) is 19.8 Å². The molecular formula is C13H18N2O4S. The molecule has 1 aromatic carbocycles. The minimum absolute atomic E-state index is 0.189. The first-order chi connectivity index (χ1) is 9.59. The second kappa shape index (κ2) is 5.23. The second-order valence-corrected chi connectivity index (χ2v) is 6.88. The van der Waals surface area contributed by atoms with Crippen molar-refractivity contribution in [3.8, 4) is 5.75 Å². The van der Waals surface area contributed by atoms with Crippen LogP contribution in [0.2, 0.25) is 0 Å².